The van der Waals surface area contributed by atoms with Crippen molar-refractivity contribution in [2.24, 2.45) is 5.73 Å². The summed E-state index contributed by atoms with van der Waals surface area (Å²) in [5.41, 5.74) is 7.79. The largest absolute Gasteiger partial charge is 0.334 e. The molecular formula is C15H22N2O. The molecule has 1 aromatic carbocycles. The molecule has 98 valence electrons. The normalized spacial score (nSPS) is 19.2. The fourth-order valence-corrected chi connectivity index (χ4v) is 2.62. The molecule has 1 amide bonds. The van der Waals surface area contributed by atoms with Gasteiger partial charge in [-0.25, -0.2) is 0 Å². The highest BCUT2D eigenvalue weighted by Gasteiger charge is 2.28. The maximum Gasteiger partial charge on any atom is 0.254 e. The molecule has 3 heteroatoms. The van der Waals surface area contributed by atoms with E-state index >= 15 is 0 Å². The average molecular weight is 246 g/mol. The van der Waals surface area contributed by atoms with Gasteiger partial charge in [-0.1, -0.05) is 25.5 Å². The summed E-state index contributed by atoms with van der Waals surface area (Å²) in [6, 6.07) is 8.24. The van der Waals surface area contributed by atoms with E-state index < -0.39 is 0 Å². The topological polar surface area (TPSA) is 46.3 Å². The number of likely N-dealkylation sites (tertiary alicyclic amines) is 1. The number of nitrogens with two attached hydrogens (primary N) is 1. The molecule has 0 aliphatic carbocycles. The molecule has 1 unspecified atom stereocenters. The standard InChI is InChI=1S/C15H22N2O/c1-2-4-12-6-8-13(9-7-12)15(18)17-10-3-5-14(17)11-16/h6-9,14H,2-5,10-11,16H2,1H3. The first-order chi connectivity index (χ1) is 8.76. The monoisotopic (exact) mass is 246 g/mol. The Bertz CT molecular complexity index is 399. The Morgan fingerprint density at radius 2 is 2.11 bits per heavy atom. The third-order valence-corrected chi connectivity index (χ3v) is 3.65. The first kappa shape index (κ1) is 13.1. The van der Waals surface area contributed by atoms with Crippen LogP contribution in [0.15, 0.2) is 24.3 Å². The van der Waals surface area contributed by atoms with Crippen molar-refractivity contribution in [2.75, 3.05) is 13.1 Å². The molecule has 1 atom stereocenters. The van der Waals surface area contributed by atoms with Crippen LogP contribution in [0.25, 0.3) is 0 Å². The highest BCUT2D eigenvalue weighted by Crippen LogP contribution is 2.19. The Morgan fingerprint density at radius 1 is 1.39 bits per heavy atom. The van der Waals surface area contributed by atoms with Crippen molar-refractivity contribution in [3.63, 3.8) is 0 Å². The molecule has 3 nitrogen and oxygen atoms in total. The number of carbonyl (C=O) groups is 1. The van der Waals surface area contributed by atoms with Crippen molar-refractivity contribution >= 4 is 5.91 Å². The minimum atomic E-state index is 0.131. The molecule has 1 aliphatic heterocycles. The van der Waals surface area contributed by atoms with Crippen molar-refractivity contribution in [3.8, 4) is 0 Å². The molecule has 1 aromatic rings. The molecular weight excluding hydrogens is 224 g/mol. The lowest BCUT2D eigenvalue weighted by molar-refractivity contribution is 0.0741. The molecule has 2 rings (SSSR count). The van der Waals surface area contributed by atoms with Crippen molar-refractivity contribution in [1.29, 1.82) is 0 Å². The molecule has 0 bridgehead atoms. The van der Waals surface area contributed by atoms with Crippen molar-refractivity contribution in [3.05, 3.63) is 35.4 Å². The average Bonchev–Trinajstić information content (AvgIpc) is 2.87. The van der Waals surface area contributed by atoms with E-state index in [0.29, 0.717) is 6.54 Å². The first-order valence-corrected chi connectivity index (χ1v) is 6.86. The number of nitrogens with zero attached hydrogens (tertiary/aromatic N) is 1. The lowest BCUT2D eigenvalue weighted by atomic mass is 10.1. The SMILES string of the molecule is CCCc1ccc(C(=O)N2CCCC2CN)cc1. The maximum atomic E-state index is 12.4. The molecule has 0 radical (unpaired) electrons. The van der Waals surface area contributed by atoms with Gasteiger partial charge in [0.05, 0.1) is 0 Å². The van der Waals surface area contributed by atoms with Crippen LogP contribution in [-0.2, 0) is 6.42 Å². The summed E-state index contributed by atoms with van der Waals surface area (Å²) in [6.07, 6.45) is 4.32. The molecule has 0 saturated carbocycles. The van der Waals surface area contributed by atoms with Crippen LogP contribution in [-0.4, -0.2) is 29.9 Å². The smallest absolute Gasteiger partial charge is 0.254 e. The van der Waals surface area contributed by atoms with Crippen LogP contribution in [0, 0.1) is 0 Å². The van der Waals surface area contributed by atoms with E-state index in [-0.39, 0.29) is 11.9 Å². The van der Waals surface area contributed by atoms with Crippen LogP contribution >= 0.6 is 0 Å². The summed E-state index contributed by atoms with van der Waals surface area (Å²) in [5, 5.41) is 0. The zero-order chi connectivity index (χ0) is 13.0. The third kappa shape index (κ3) is 2.72. The Labute approximate surface area is 109 Å². The van der Waals surface area contributed by atoms with E-state index in [0.717, 1.165) is 37.8 Å². The zero-order valence-corrected chi connectivity index (χ0v) is 11.1. The summed E-state index contributed by atoms with van der Waals surface area (Å²) < 4.78 is 0. The minimum absolute atomic E-state index is 0.131. The second kappa shape index (κ2) is 6.01. The predicted octanol–water partition coefficient (Wildman–Crippen LogP) is 2.20. The second-order valence-corrected chi connectivity index (χ2v) is 4.98. The lowest BCUT2D eigenvalue weighted by Crippen LogP contribution is -2.39. The Balaban J connectivity index is 2.08. The van der Waals surface area contributed by atoms with Gasteiger partial charge in [0.25, 0.3) is 5.91 Å². The quantitative estimate of drug-likeness (QED) is 0.885. The molecule has 0 spiro atoms. The van der Waals surface area contributed by atoms with Gasteiger partial charge in [-0.05, 0) is 37.0 Å². The van der Waals surface area contributed by atoms with E-state index in [1.165, 1.54) is 5.56 Å². The fraction of sp³-hybridized carbons (Fsp3) is 0.533. The van der Waals surface area contributed by atoms with Crippen molar-refractivity contribution in [1.82, 2.24) is 4.90 Å². The van der Waals surface area contributed by atoms with Crippen LogP contribution in [0.1, 0.15) is 42.1 Å². The summed E-state index contributed by atoms with van der Waals surface area (Å²) in [5.74, 6) is 0.131. The number of hydrogen-bond acceptors (Lipinski definition) is 2. The van der Waals surface area contributed by atoms with E-state index in [4.69, 9.17) is 5.73 Å². The minimum Gasteiger partial charge on any atom is -0.334 e. The van der Waals surface area contributed by atoms with Crippen molar-refractivity contribution in [2.45, 2.75) is 38.6 Å². The van der Waals surface area contributed by atoms with Crippen LogP contribution < -0.4 is 5.73 Å². The van der Waals surface area contributed by atoms with Crippen molar-refractivity contribution < 1.29 is 4.79 Å². The first-order valence-electron chi connectivity index (χ1n) is 6.86. The Kier molecular flexibility index (Phi) is 4.37. The number of aryl methyl sites for hydroxylation is 1. The number of hydrogen-bond donors (Lipinski definition) is 1. The number of amides is 1. The molecule has 18 heavy (non-hydrogen) atoms. The molecule has 1 heterocycles. The number of carbonyl (C=O) groups excluding carboxylic acids is 1. The van der Waals surface area contributed by atoms with Gasteiger partial charge < -0.3 is 10.6 Å². The molecule has 1 saturated heterocycles. The van der Waals surface area contributed by atoms with Gasteiger partial charge in [-0.3, -0.25) is 4.79 Å². The maximum absolute atomic E-state index is 12.4. The molecule has 1 aliphatic rings. The Hall–Kier alpha value is -1.35. The van der Waals surface area contributed by atoms with Gasteiger partial charge in [0, 0.05) is 24.7 Å². The van der Waals surface area contributed by atoms with Gasteiger partial charge in [0.1, 0.15) is 0 Å². The summed E-state index contributed by atoms with van der Waals surface area (Å²) >= 11 is 0. The summed E-state index contributed by atoms with van der Waals surface area (Å²) in [6.45, 7) is 3.58. The third-order valence-electron chi connectivity index (χ3n) is 3.65. The van der Waals surface area contributed by atoms with Gasteiger partial charge in [0.2, 0.25) is 0 Å². The van der Waals surface area contributed by atoms with Gasteiger partial charge >= 0.3 is 0 Å². The molecule has 2 N–H and O–H groups in total. The lowest BCUT2D eigenvalue weighted by Gasteiger charge is -2.23. The van der Waals surface area contributed by atoms with E-state index in [9.17, 15) is 4.79 Å². The summed E-state index contributed by atoms with van der Waals surface area (Å²) in [7, 11) is 0. The van der Waals surface area contributed by atoms with Crippen LogP contribution in [0.4, 0.5) is 0 Å². The molecule has 1 fully saturated rings. The van der Waals surface area contributed by atoms with E-state index in [1.54, 1.807) is 0 Å². The van der Waals surface area contributed by atoms with Gasteiger partial charge in [0.15, 0.2) is 0 Å². The zero-order valence-electron chi connectivity index (χ0n) is 11.1. The number of benzene rings is 1. The summed E-state index contributed by atoms with van der Waals surface area (Å²) in [4.78, 5) is 14.3. The highest BCUT2D eigenvalue weighted by molar-refractivity contribution is 5.94. The van der Waals surface area contributed by atoms with E-state index in [1.807, 2.05) is 17.0 Å². The predicted molar refractivity (Wildman–Crippen MR) is 73.5 cm³/mol. The second-order valence-electron chi connectivity index (χ2n) is 4.98. The van der Waals surface area contributed by atoms with Gasteiger partial charge in [-0.2, -0.15) is 0 Å². The van der Waals surface area contributed by atoms with Crippen LogP contribution in [0.3, 0.4) is 0 Å². The highest BCUT2D eigenvalue weighted by atomic mass is 16.2. The fourth-order valence-electron chi connectivity index (χ4n) is 2.62. The van der Waals surface area contributed by atoms with Crippen LogP contribution in [0.5, 0.6) is 0 Å². The van der Waals surface area contributed by atoms with Gasteiger partial charge in [-0.15, -0.1) is 0 Å². The Morgan fingerprint density at radius 3 is 2.72 bits per heavy atom. The molecule has 0 aromatic heterocycles. The van der Waals surface area contributed by atoms with Crippen LogP contribution in [0.2, 0.25) is 0 Å². The number of rotatable bonds is 4. The van der Waals surface area contributed by atoms with E-state index in [2.05, 4.69) is 19.1 Å².